The van der Waals surface area contributed by atoms with Gasteiger partial charge in [-0.25, -0.2) is 0 Å². The lowest BCUT2D eigenvalue weighted by atomic mass is 9.92. The van der Waals surface area contributed by atoms with Crippen molar-refractivity contribution < 1.29 is 19.1 Å². The third-order valence-electron chi connectivity index (χ3n) is 6.62. The first-order valence-electron chi connectivity index (χ1n) is 11.9. The quantitative estimate of drug-likeness (QED) is 0.633. The summed E-state index contributed by atoms with van der Waals surface area (Å²) in [5.74, 6) is 0.395. The van der Waals surface area contributed by atoms with Gasteiger partial charge in [-0.05, 0) is 44.9 Å². The van der Waals surface area contributed by atoms with Crippen molar-refractivity contribution in [3.8, 4) is 5.75 Å². The first-order valence-corrected chi connectivity index (χ1v) is 11.9. The van der Waals surface area contributed by atoms with E-state index in [1.54, 1.807) is 7.11 Å². The average Bonchev–Trinajstić information content (AvgIpc) is 3.11. The molecule has 7 nitrogen and oxygen atoms in total. The molecule has 0 saturated carbocycles. The fraction of sp³-hybridized carbons (Fsp3) is 0.680. The van der Waals surface area contributed by atoms with Crippen LogP contribution in [0, 0.1) is 5.92 Å². The minimum absolute atomic E-state index is 0.0422. The van der Waals surface area contributed by atoms with E-state index in [1.807, 2.05) is 29.2 Å². The summed E-state index contributed by atoms with van der Waals surface area (Å²) in [5, 5.41) is 3.15. The first kappa shape index (κ1) is 24.5. The van der Waals surface area contributed by atoms with Crippen LogP contribution in [0.25, 0.3) is 0 Å². The van der Waals surface area contributed by atoms with E-state index in [4.69, 9.17) is 9.47 Å². The summed E-state index contributed by atoms with van der Waals surface area (Å²) in [6, 6.07) is 7.71. The van der Waals surface area contributed by atoms with Gasteiger partial charge in [0.25, 0.3) is 0 Å². The number of nitrogens with zero attached hydrogens (tertiary/aromatic N) is 2. The highest BCUT2D eigenvalue weighted by Crippen LogP contribution is 2.39. The Balaban J connectivity index is 1.70. The molecule has 2 aliphatic heterocycles. The monoisotopic (exact) mass is 445 g/mol. The molecule has 0 bridgehead atoms. The van der Waals surface area contributed by atoms with E-state index < -0.39 is 0 Å². The van der Waals surface area contributed by atoms with Crippen LogP contribution < -0.4 is 10.1 Å². The highest BCUT2D eigenvalue weighted by Gasteiger charge is 2.44. The van der Waals surface area contributed by atoms with Crippen molar-refractivity contribution in [1.82, 2.24) is 15.1 Å². The summed E-state index contributed by atoms with van der Waals surface area (Å²) in [4.78, 5) is 30.4. The third-order valence-corrected chi connectivity index (χ3v) is 6.62. The first-order chi connectivity index (χ1) is 15.3. The molecule has 3 rings (SSSR count). The Bertz CT molecular complexity index is 759. The molecule has 1 N–H and O–H groups in total. The number of methoxy groups -OCH3 is 1. The molecule has 0 spiro atoms. The molecule has 2 fully saturated rings. The van der Waals surface area contributed by atoms with E-state index in [-0.39, 0.29) is 48.4 Å². The van der Waals surface area contributed by atoms with Crippen LogP contribution in [0.15, 0.2) is 24.3 Å². The highest BCUT2D eigenvalue weighted by atomic mass is 16.5. The summed E-state index contributed by atoms with van der Waals surface area (Å²) in [5.41, 5.74) is 0.983. The van der Waals surface area contributed by atoms with Crippen LogP contribution in [0.5, 0.6) is 5.75 Å². The van der Waals surface area contributed by atoms with Crippen LogP contribution in [0.3, 0.4) is 0 Å². The fourth-order valence-corrected chi connectivity index (χ4v) is 4.92. The number of likely N-dealkylation sites (tertiary alicyclic amines) is 1. The zero-order chi connectivity index (χ0) is 23.3. The average molecular weight is 446 g/mol. The van der Waals surface area contributed by atoms with Gasteiger partial charge in [0.05, 0.1) is 31.3 Å². The van der Waals surface area contributed by atoms with E-state index in [0.29, 0.717) is 13.1 Å². The number of carbonyl (C=O) groups excluding carboxylic acids is 2. The molecule has 0 aliphatic carbocycles. The van der Waals surface area contributed by atoms with Gasteiger partial charge in [-0.15, -0.1) is 0 Å². The summed E-state index contributed by atoms with van der Waals surface area (Å²) in [7, 11) is 1.63. The minimum Gasteiger partial charge on any atom is -0.497 e. The topological polar surface area (TPSA) is 71.1 Å². The molecular formula is C25H39N3O4. The van der Waals surface area contributed by atoms with E-state index in [9.17, 15) is 9.59 Å². The van der Waals surface area contributed by atoms with Gasteiger partial charge in [0.1, 0.15) is 5.75 Å². The second-order valence-electron chi connectivity index (χ2n) is 9.27. The van der Waals surface area contributed by atoms with Crippen LogP contribution in [-0.2, 0) is 14.3 Å². The number of rotatable bonds is 9. The van der Waals surface area contributed by atoms with Crippen LogP contribution >= 0.6 is 0 Å². The molecule has 2 heterocycles. The number of ether oxygens (including phenoxy) is 2. The number of benzene rings is 1. The summed E-state index contributed by atoms with van der Waals surface area (Å²) in [6.45, 7) is 11.4. The third kappa shape index (κ3) is 5.81. The lowest BCUT2D eigenvalue weighted by Crippen LogP contribution is -2.52. The second kappa shape index (κ2) is 11.1. The molecule has 7 heteroatoms. The molecule has 0 aromatic heterocycles. The van der Waals surface area contributed by atoms with E-state index >= 15 is 0 Å². The Kier molecular flexibility index (Phi) is 8.54. The molecule has 2 saturated heterocycles. The van der Waals surface area contributed by atoms with Gasteiger partial charge in [-0.3, -0.25) is 14.5 Å². The Morgan fingerprint density at radius 1 is 1.22 bits per heavy atom. The van der Waals surface area contributed by atoms with Crippen molar-refractivity contribution >= 4 is 11.8 Å². The molecule has 0 radical (unpaired) electrons. The molecule has 5 unspecified atom stereocenters. The van der Waals surface area contributed by atoms with E-state index in [0.717, 1.165) is 37.2 Å². The van der Waals surface area contributed by atoms with E-state index in [1.165, 1.54) is 0 Å². The molecule has 2 aliphatic rings. The zero-order valence-corrected chi connectivity index (χ0v) is 20.2. The Morgan fingerprint density at radius 3 is 2.47 bits per heavy atom. The number of hydrogen-bond donors (Lipinski definition) is 1. The smallest absolute Gasteiger partial charge is 0.226 e. The number of nitrogens with one attached hydrogen (secondary N) is 1. The number of hydrogen-bond acceptors (Lipinski definition) is 5. The molecule has 1 aromatic carbocycles. The predicted molar refractivity (Wildman–Crippen MR) is 125 cm³/mol. The van der Waals surface area contributed by atoms with Crippen molar-refractivity contribution in [2.45, 2.75) is 71.2 Å². The Hall–Kier alpha value is -2.12. The van der Waals surface area contributed by atoms with Gasteiger partial charge >= 0.3 is 0 Å². The van der Waals surface area contributed by atoms with Gasteiger partial charge in [0.2, 0.25) is 11.8 Å². The summed E-state index contributed by atoms with van der Waals surface area (Å²) < 4.78 is 11.1. The maximum absolute atomic E-state index is 13.3. The number of amides is 2. The Morgan fingerprint density at radius 2 is 1.88 bits per heavy atom. The minimum atomic E-state index is -0.387. The lowest BCUT2D eigenvalue weighted by Gasteiger charge is -2.39. The van der Waals surface area contributed by atoms with Crippen molar-refractivity contribution in [2.24, 2.45) is 5.92 Å². The van der Waals surface area contributed by atoms with Crippen molar-refractivity contribution in [1.29, 1.82) is 0 Å². The standard InChI is InChI=1S/C25H39N3O4/c1-6-7-12-28-23(29)13-22(24(28)20-8-10-21(31-5)11-9-20)25(30)26-14-17(2)27-15-18(3)32-19(4)16-27/h8-11,17-19,22,24H,6-7,12-16H2,1-5H3,(H,26,30). The fourth-order valence-electron chi connectivity index (χ4n) is 4.92. The van der Waals surface area contributed by atoms with Crippen molar-refractivity contribution in [2.75, 3.05) is 33.3 Å². The van der Waals surface area contributed by atoms with Crippen LogP contribution in [0.1, 0.15) is 58.6 Å². The van der Waals surface area contributed by atoms with Crippen LogP contribution in [0.2, 0.25) is 0 Å². The van der Waals surface area contributed by atoms with Crippen LogP contribution in [0.4, 0.5) is 0 Å². The molecule has 32 heavy (non-hydrogen) atoms. The predicted octanol–water partition coefficient (Wildman–Crippen LogP) is 3.00. The van der Waals surface area contributed by atoms with Gasteiger partial charge in [-0.1, -0.05) is 25.5 Å². The lowest BCUT2D eigenvalue weighted by molar-refractivity contribution is -0.129. The largest absolute Gasteiger partial charge is 0.497 e. The van der Waals surface area contributed by atoms with Crippen molar-refractivity contribution in [3.63, 3.8) is 0 Å². The molecule has 5 atom stereocenters. The molecule has 178 valence electrons. The van der Waals surface area contributed by atoms with Gasteiger partial charge in [0.15, 0.2) is 0 Å². The maximum Gasteiger partial charge on any atom is 0.226 e. The normalized spacial score (nSPS) is 27.4. The van der Waals surface area contributed by atoms with Gasteiger partial charge < -0.3 is 19.7 Å². The summed E-state index contributed by atoms with van der Waals surface area (Å²) >= 11 is 0. The molecule has 2 amide bonds. The molecule has 1 aromatic rings. The summed E-state index contributed by atoms with van der Waals surface area (Å²) in [6.07, 6.45) is 2.57. The highest BCUT2D eigenvalue weighted by molar-refractivity contribution is 5.90. The van der Waals surface area contributed by atoms with E-state index in [2.05, 4.69) is 37.9 Å². The zero-order valence-electron chi connectivity index (χ0n) is 20.2. The van der Waals surface area contributed by atoms with Crippen molar-refractivity contribution in [3.05, 3.63) is 29.8 Å². The second-order valence-corrected chi connectivity index (χ2v) is 9.27. The number of morpholine rings is 1. The Labute approximate surface area is 192 Å². The molecular weight excluding hydrogens is 406 g/mol. The van der Waals surface area contributed by atoms with Gasteiger partial charge in [0, 0.05) is 38.6 Å². The number of unbranched alkanes of at least 4 members (excludes halogenated alkanes) is 1. The maximum atomic E-state index is 13.3. The number of carbonyl (C=O) groups is 2. The van der Waals surface area contributed by atoms with Gasteiger partial charge in [-0.2, -0.15) is 0 Å². The SMILES string of the molecule is CCCCN1C(=O)CC(C(=O)NCC(C)N2CC(C)OC(C)C2)C1c1ccc(OC)cc1. The van der Waals surface area contributed by atoms with Crippen LogP contribution in [-0.4, -0.2) is 73.2 Å².